The van der Waals surface area contributed by atoms with Crippen LogP contribution in [0.3, 0.4) is 0 Å². The van der Waals surface area contributed by atoms with E-state index < -0.39 is 0 Å². The molecule has 27 heavy (non-hydrogen) atoms. The second-order valence-electron chi connectivity index (χ2n) is 7.05. The summed E-state index contributed by atoms with van der Waals surface area (Å²) >= 11 is 0. The summed E-state index contributed by atoms with van der Waals surface area (Å²) in [6.07, 6.45) is 2.84. The Morgan fingerprint density at radius 1 is 1.15 bits per heavy atom. The van der Waals surface area contributed by atoms with Gasteiger partial charge in [0.1, 0.15) is 0 Å². The fourth-order valence-corrected chi connectivity index (χ4v) is 3.61. The van der Waals surface area contributed by atoms with Crippen molar-refractivity contribution in [1.29, 1.82) is 0 Å². The number of nitrogens with one attached hydrogen (secondary N) is 2. The van der Waals surface area contributed by atoms with Crippen molar-refractivity contribution in [3.8, 4) is 0 Å². The lowest BCUT2D eigenvalue weighted by atomic mass is 10.0. The molecule has 0 aromatic heterocycles. The van der Waals surface area contributed by atoms with Gasteiger partial charge in [-0.1, -0.05) is 24.3 Å². The Bertz CT molecular complexity index is 852. The van der Waals surface area contributed by atoms with E-state index in [4.69, 9.17) is 4.74 Å². The molecular formula is C22H25N3O2. The monoisotopic (exact) mass is 363 g/mol. The molecule has 5 nitrogen and oxygen atoms in total. The van der Waals surface area contributed by atoms with E-state index >= 15 is 0 Å². The molecule has 0 radical (unpaired) electrons. The lowest BCUT2D eigenvalue weighted by Gasteiger charge is -2.26. The van der Waals surface area contributed by atoms with Gasteiger partial charge in [-0.15, -0.1) is 0 Å². The zero-order valence-electron chi connectivity index (χ0n) is 15.6. The Labute approximate surface area is 160 Å². The number of aryl methyl sites for hydroxylation is 1. The van der Waals surface area contributed by atoms with Gasteiger partial charge in [-0.2, -0.15) is 0 Å². The first-order chi connectivity index (χ1) is 13.2. The number of hydrogen-bond acceptors (Lipinski definition) is 4. The van der Waals surface area contributed by atoms with Crippen LogP contribution in [-0.4, -0.2) is 43.7 Å². The highest BCUT2D eigenvalue weighted by molar-refractivity contribution is 6.32. The number of amides is 1. The number of anilines is 2. The van der Waals surface area contributed by atoms with Gasteiger partial charge >= 0.3 is 0 Å². The number of benzene rings is 2. The van der Waals surface area contributed by atoms with Crippen molar-refractivity contribution in [1.82, 2.24) is 4.90 Å². The first kappa shape index (κ1) is 17.8. The number of rotatable bonds is 5. The first-order valence-electron chi connectivity index (χ1n) is 9.48. The maximum atomic E-state index is 12.3. The predicted octanol–water partition coefficient (Wildman–Crippen LogP) is 3.27. The Kier molecular flexibility index (Phi) is 5.23. The minimum absolute atomic E-state index is 0.0612. The van der Waals surface area contributed by atoms with E-state index in [9.17, 15) is 4.79 Å². The summed E-state index contributed by atoms with van der Waals surface area (Å²) < 4.78 is 5.39. The molecule has 0 bridgehead atoms. The topological polar surface area (TPSA) is 53.6 Å². The summed E-state index contributed by atoms with van der Waals surface area (Å²) in [7, 11) is 0. The summed E-state index contributed by atoms with van der Waals surface area (Å²) in [6.45, 7) is 6.82. The zero-order chi connectivity index (χ0) is 18.6. The molecule has 2 aromatic carbocycles. The van der Waals surface area contributed by atoms with E-state index in [1.807, 2.05) is 25.1 Å². The summed E-state index contributed by atoms with van der Waals surface area (Å²) in [4.78, 5) is 14.7. The second-order valence-corrected chi connectivity index (χ2v) is 7.05. The van der Waals surface area contributed by atoms with Gasteiger partial charge in [0.25, 0.3) is 5.91 Å². The minimum atomic E-state index is -0.0612. The van der Waals surface area contributed by atoms with Crippen molar-refractivity contribution in [2.24, 2.45) is 0 Å². The van der Waals surface area contributed by atoms with Crippen LogP contribution in [0.5, 0.6) is 0 Å². The van der Waals surface area contributed by atoms with Crippen LogP contribution >= 0.6 is 0 Å². The quantitative estimate of drug-likeness (QED) is 0.801. The first-order valence-corrected chi connectivity index (χ1v) is 9.48. The van der Waals surface area contributed by atoms with Gasteiger partial charge in [-0.25, -0.2) is 0 Å². The zero-order valence-corrected chi connectivity index (χ0v) is 15.6. The number of fused-ring (bicyclic) bond motifs is 1. The highest BCUT2D eigenvalue weighted by Gasteiger charge is 2.25. The maximum Gasteiger partial charge on any atom is 0.257 e. The molecule has 0 spiro atoms. The molecule has 2 heterocycles. The highest BCUT2D eigenvalue weighted by atomic mass is 16.5. The van der Waals surface area contributed by atoms with Crippen LogP contribution in [0, 0.1) is 6.92 Å². The van der Waals surface area contributed by atoms with Gasteiger partial charge in [0, 0.05) is 42.8 Å². The molecule has 0 saturated carbocycles. The molecule has 2 N–H and O–H groups in total. The molecule has 0 aliphatic carbocycles. The smallest absolute Gasteiger partial charge is 0.257 e. The molecule has 2 aliphatic rings. The lowest BCUT2D eigenvalue weighted by molar-refractivity contribution is -0.110. The number of carbonyl (C=O) groups excluding carboxylic acids is 1. The molecule has 5 heteroatoms. The van der Waals surface area contributed by atoms with E-state index in [0.29, 0.717) is 5.57 Å². The van der Waals surface area contributed by atoms with E-state index in [1.54, 1.807) is 6.20 Å². The Morgan fingerprint density at radius 3 is 2.70 bits per heavy atom. The van der Waals surface area contributed by atoms with Crippen LogP contribution in [0.15, 0.2) is 48.7 Å². The third kappa shape index (κ3) is 4.04. The number of morpholine rings is 1. The second kappa shape index (κ2) is 7.94. The molecule has 1 amide bonds. The van der Waals surface area contributed by atoms with E-state index in [1.165, 1.54) is 5.56 Å². The molecule has 4 rings (SSSR count). The third-order valence-electron chi connectivity index (χ3n) is 5.19. The third-order valence-corrected chi connectivity index (χ3v) is 5.19. The average molecular weight is 363 g/mol. The van der Waals surface area contributed by atoms with Crippen LogP contribution in [0.4, 0.5) is 11.4 Å². The van der Waals surface area contributed by atoms with Crippen LogP contribution in [-0.2, 0) is 16.0 Å². The molecule has 2 aromatic rings. The van der Waals surface area contributed by atoms with Crippen molar-refractivity contribution >= 4 is 22.9 Å². The number of ether oxygens (including phenoxy) is 1. The molecular weight excluding hydrogens is 338 g/mol. The van der Waals surface area contributed by atoms with Gasteiger partial charge in [-0.3, -0.25) is 9.69 Å². The fraction of sp³-hybridized carbons (Fsp3) is 0.318. The van der Waals surface area contributed by atoms with Crippen LogP contribution < -0.4 is 10.6 Å². The number of hydrogen-bond donors (Lipinski definition) is 2. The van der Waals surface area contributed by atoms with Gasteiger partial charge in [-0.05, 0) is 42.7 Å². The normalized spacial score (nSPS) is 18.4. The van der Waals surface area contributed by atoms with Crippen molar-refractivity contribution in [3.05, 3.63) is 65.4 Å². The van der Waals surface area contributed by atoms with Gasteiger partial charge in [0.05, 0.1) is 18.8 Å². The van der Waals surface area contributed by atoms with Gasteiger partial charge in [0.15, 0.2) is 0 Å². The molecule has 2 aliphatic heterocycles. The lowest BCUT2D eigenvalue weighted by Crippen LogP contribution is -2.37. The van der Waals surface area contributed by atoms with Crippen LogP contribution in [0.1, 0.15) is 16.7 Å². The van der Waals surface area contributed by atoms with Crippen molar-refractivity contribution in [3.63, 3.8) is 0 Å². The standard InChI is InChI=1S/C22H25N3O2/c1-16-3-2-4-20-21(16)19(22(26)24-20)15-23-18-7-5-17(6-8-18)9-10-25-11-13-27-14-12-25/h2-8,15,23H,9-14H2,1H3,(H,24,26)/b19-15-. The van der Waals surface area contributed by atoms with Crippen molar-refractivity contribution < 1.29 is 9.53 Å². The average Bonchev–Trinajstić information content (AvgIpc) is 3.03. The summed E-state index contributed by atoms with van der Waals surface area (Å²) in [5, 5.41) is 6.19. The largest absolute Gasteiger partial charge is 0.379 e. The number of nitrogens with zero attached hydrogens (tertiary/aromatic N) is 1. The summed E-state index contributed by atoms with van der Waals surface area (Å²) in [5.74, 6) is -0.0612. The Morgan fingerprint density at radius 2 is 1.93 bits per heavy atom. The molecule has 1 fully saturated rings. The maximum absolute atomic E-state index is 12.3. The Hall–Kier alpha value is -2.63. The summed E-state index contributed by atoms with van der Waals surface area (Å²) in [5.41, 5.74) is 5.94. The number of carbonyl (C=O) groups is 1. The van der Waals surface area contributed by atoms with Crippen molar-refractivity contribution in [2.75, 3.05) is 43.5 Å². The summed E-state index contributed by atoms with van der Waals surface area (Å²) in [6, 6.07) is 14.3. The van der Waals surface area contributed by atoms with Gasteiger partial charge in [0.2, 0.25) is 0 Å². The predicted molar refractivity (Wildman–Crippen MR) is 109 cm³/mol. The highest BCUT2D eigenvalue weighted by Crippen LogP contribution is 2.34. The molecule has 140 valence electrons. The SMILES string of the molecule is Cc1cccc2c1/C(=C/Nc1ccc(CCN3CCOCC3)cc1)C(=O)N2. The fourth-order valence-electron chi connectivity index (χ4n) is 3.61. The minimum Gasteiger partial charge on any atom is -0.379 e. The van der Waals surface area contributed by atoms with E-state index in [0.717, 1.165) is 61.8 Å². The molecule has 1 saturated heterocycles. The molecule has 0 atom stereocenters. The van der Waals surface area contributed by atoms with Crippen LogP contribution in [0.2, 0.25) is 0 Å². The molecule has 0 unspecified atom stereocenters. The van der Waals surface area contributed by atoms with Gasteiger partial charge < -0.3 is 15.4 Å². The van der Waals surface area contributed by atoms with E-state index in [-0.39, 0.29) is 5.91 Å². The van der Waals surface area contributed by atoms with E-state index in [2.05, 4.69) is 39.8 Å². The Balaban J connectivity index is 1.39. The van der Waals surface area contributed by atoms with Crippen LogP contribution in [0.25, 0.3) is 5.57 Å². The van der Waals surface area contributed by atoms with Crippen molar-refractivity contribution in [2.45, 2.75) is 13.3 Å².